The average molecular weight is 252 g/mol. The van der Waals surface area contributed by atoms with Crippen LogP contribution >= 0.6 is 12.2 Å². The Balaban J connectivity index is 1.98. The number of rotatable bonds is 1. The molecule has 0 saturated heterocycles. The summed E-state index contributed by atoms with van der Waals surface area (Å²) < 4.78 is 28.8. The van der Waals surface area contributed by atoms with Crippen LogP contribution in [0.15, 0.2) is 24.5 Å². The Morgan fingerprint density at radius 2 is 1.76 bits per heavy atom. The highest BCUT2D eigenvalue weighted by molar-refractivity contribution is 7.71. The van der Waals surface area contributed by atoms with Crippen molar-refractivity contribution in [3.8, 4) is 0 Å². The van der Waals surface area contributed by atoms with Gasteiger partial charge in [-0.05, 0) is 48.3 Å². The average Bonchev–Trinajstić information content (AvgIpc) is 2.85. The predicted molar refractivity (Wildman–Crippen MR) is 62.4 cm³/mol. The fourth-order valence-corrected chi connectivity index (χ4v) is 2.68. The summed E-state index contributed by atoms with van der Waals surface area (Å²) in [5, 5.41) is 0. The number of halogens is 2. The van der Waals surface area contributed by atoms with E-state index in [1.165, 1.54) is 12.1 Å². The molecule has 1 heterocycles. The van der Waals surface area contributed by atoms with Gasteiger partial charge in [-0.15, -0.1) is 0 Å². The van der Waals surface area contributed by atoms with E-state index in [1.807, 2.05) is 10.8 Å². The second kappa shape index (κ2) is 3.77. The van der Waals surface area contributed by atoms with Crippen molar-refractivity contribution in [2.45, 2.75) is 18.9 Å². The largest absolute Gasteiger partial charge is 0.337 e. The summed E-state index contributed by atoms with van der Waals surface area (Å²) in [4.78, 5) is 2.92. The first-order valence-electron chi connectivity index (χ1n) is 5.37. The Labute approximate surface area is 102 Å². The number of H-pyrrole nitrogens is 1. The third kappa shape index (κ3) is 1.70. The molecular formula is C12H10F2N2S. The predicted octanol–water partition coefficient (Wildman–Crippen LogP) is 3.16. The molecule has 1 N–H and O–H groups in total. The van der Waals surface area contributed by atoms with Gasteiger partial charge in [0.05, 0.1) is 0 Å². The van der Waals surface area contributed by atoms with Crippen LogP contribution in [0.3, 0.4) is 0 Å². The summed E-state index contributed by atoms with van der Waals surface area (Å²) in [6, 6.07) is 2.74. The summed E-state index contributed by atoms with van der Waals surface area (Å²) >= 11 is 5.14. The quantitative estimate of drug-likeness (QED) is 0.773. The van der Waals surface area contributed by atoms with Crippen LogP contribution in [0.4, 0.5) is 8.78 Å². The molecule has 5 heteroatoms. The van der Waals surface area contributed by atoms with Gasteiger partial charge in [-0.1, -0.05) is 0 Å². The molecule has 2 aromatic rings. The van der Waals surface area contributed by atoms with Gasteiger partial charge in [-0.25, -0.2) is 8.78 Å². The summed E-state index contributed by atoms with van der Waals surface area (Å²) in [5.41, 5.74) is 1.74. The highest BCUT2D eigenvalue weighted by Gasteiger charge is 2.24. The second-order valence-corrected chi connectivity index (χ2v) is 4.66. The van der Waals surface area contributed by atoms with E-state index in [4.69, 9.17) is 12.2 Å². The van der Waals surface area contributed by atoms with Crippen molar-refractivity contribution in [3.05, 3.63) is 52.1 Å². The molecule has 1 aliphatic carbocycles. The lowest BCUT2D eigenvalue weighted by atomic mass is 10.1. The minimum atomic E-state index is -0.776. The molecule has 1 aromatic carbocycles. The van der Waals surface area contributed by atoms with Crippen LogP contribution in [-0.4, -0.2) is 9.55 Å². The zero-order valence-corrected chi connectivity index (χ0v) is 9.73. The molecule has 0 spiro atoms. The first-order valence-corrected chi connectivity index (χ1v) is 5.78. The maximum absolute atomic E-state index is 13.1. The molecule has 1 aliphatic rings. The van der Waals surface area contributed by atoms with E-state index >= 15 is 0 Å². The fourth-order valence-electron chi connectivity index (χ4n) is 2.40. The number of hydrogen-bond acceptors (Lipinski definition) is 1. The number of aromatic amines is 1. The number of benzene rings is 1. The van der Waals surface area contributed by atoms with E-state index in [0.717, 1.165) is 11.1 Å². The fraction of sp³-hybridized carbons (Fsp3) is 0.250. The van der Waals surface area contributed by atoms with Crippen molar-refractivity contribution in [2.24, 2.45) is 0 Å². The van der Waals surface area contributed by atoms with Crippen LogP contribution in [0, 0.1) is 16.4 Å². The van der Waals surface area contributed by atoms with Gasteiger partial charge in [0, 0.05) is 18.4 Å². The molecule has 0 aliphatic heterocycles. The summed E-state index contributed by atoms with van der Waals surface area (Å²) in [5.74, 6) is -1.55. The minimum Gasteiger partial charge on any atom is -0.337 e. The third-order valence-electron chi connectivity index (χ3n) is 3.22. The Hall–Kier alpha value is -1.49. The summed E-state index contributed by atoms with van der Waals surface area (Å²) in [7, 11) is 0. The minimum absolute atomic E-state index is 0.157. The van der Waals surface area contributed by atoms with Gasteiger partial charge in [0.1, 0.15) is 0 Å². The number of nitrogens with one attached hydrogen (secondary N) is 1. The number of hydrogen-bond donors (Lipinski definition) is 1. The van der Waals surface area contributed by atoms with Crippen LogP contribution in [0.5, 0.6) is 0 Å². The van der Waals surface area contributed by atoms with Gasteiger partial charge in [0.25, 0.3) is 0 Å². The highest BCUT2D eigenvalue weighted by Crippen LogP contribution is 2.31. The van der Waals surface area contributed by atoms with Crippen LogP contribution in [-0.2, 0) is 12.8 Å². The monoisotopic (exact) mass is 252 g/mol. The standard InChI is InChI=1S/C12H10F2N2S/c13-10-5-7-3-9(4-8(7)6-11(10)14)16-2-1-15-12(16)17/h1-2,5-6,9H,3-4H2,(H,15,17). The molecule has 1 aromatic heterocycles. The highest BCUT2D eigenvalue weighted by atomic mass is 32.1. The summed E-state index contributed by atoms with van der Waals surface area (Å²) in [6.07, 6.45) is 5.02. The Kier molecular flexibility index (Phi) is 2.36. The van der Waals surface area contributed by atoms with Crippen molar-refractivity contribution in [1.82, 2.24) is 9.55 Å². The molecule has 0 radical (unpaired) electrons. The molecule has 0 saturated carbocycles. The molecule has 2 nitrogen and oxygen atoms in total. The first kappa shape index (κ1) is 10.7. The van der Waals surface area contributed by atoms with Crippen molar-refractivity contribution in [1.29, 1.82) is 0 Å². The molecule has 0 unspecified atom stereocenters. The first-order chi connectivity index (χ1) is 8.15. The molecule has 0 atom stereocenters. The topological polar surface area (TPSA) is 20.7 Å². The maximum Gasteiger partial charge on any atom is 0.177 e. The molecule has 0 fully saturated rings. The molecule has 0 amide bonds. The van der Waals surface area contributed by atoms with Gasteiger partial charge >= 0.3 is 0 Å². The maximum atomic E-state index is 13.1. The molecule has 17 heavy (non-hydrogen) atoms. The molecule has 88 valence electrons. The van der Waals surface area contributed by atoms with Gasteiger partial charge in [-0.2, -0.15) is 0 Å². The SMILES string of the molecule is Fc1cc2c(cc1F)CC(n1cc[nH]c1=S)C2. The number of fused-ring (bicyclic) bond motifs is 1. The van der Waals surface area contributed by atoms with E-state index in [1.54, 1.807) is 6.20 Å². The Morgan fingerprint density at radius 1 is 1.18 bits per heavy atom. The van der Waals surface area contributed by atoms with E-state index < -0.39 is 11.6 Å². The van der Waals surface area contributed by atoms with Gasteiger partial charge in [0.15, 0.2) is 16.4 Å². The van der Waals surface area contributed by atoms with Crippen LogP contribution < -0.4 is 0 Å². The van der Waals surface area contributed by atoms with E-state index in [9.17, 15) is 8.78 Å². The zero-order valence-electron chi connectivity index (χ0n) is 8.91. The van der Waals surface area contributed by atoms with Crippen LogP contribution in [0.2, 0.25) is 0 Å². The second-order valence-electron chi connectivity index (χ2n) is 4.27. The van der Waals surface area contributed by atoms with Gasteiger partial charge in [-0.3, -0.25) is 0 Å². The van der Waals surface area contributed by atoms with E-state index in [-0.39, 0.29) is 6.04 Å². The normalized spacial score (nSPS) is 15.2. The summed E-state index contributed by atoms with van der Waals surface area (Å²) in [6.45, 7) is 0. The molecule has 3 rings (SSSR count). The van der Waals surface area contributed by atoms with Crippen molar-refractivity contribution < 1.29 is 8.78 Å². The lowest BCUT2D eigenvalue weighted by Gasteiger charge is -2.09. The Bertz CT molecular complexity index is 599. The van der Waals surface area contributed by atoms with E-state index in [0.29, 0.717) is 17.6 Å². The smallest absolute Gasteiger partial charge is 0.177 e. The lowest BCUT2D eigenvalue weighted by Crippen LogP contribution is -2.07. The van der Waals surface area contributed by atoms with Crippen molar-refractivity contribution in [2.75, 3.05) is 0 Å². The number of imidazole rings is 1. The number of nitrogens with zero attached hydrogens (tertiary/aromatic N) is 1. The van der Waals surface area contributed by atoms with Crippen molar-refractivity contribution in [3.63, 3.8) is 0 Å². The number of aromatic nitrogens is 2. The Morgan fingerprint density at radius 3 is 2.24 bits per heavy atom. The van der Waals surface area contributed by atoms with Crippen molar-refractivity contribution >= 4 is 12.2 Å². The van der Waals surface area contributed by atoms with Gasteiger partial charge < -0.3 is 9.55 Å². The van der Waals surface area contributed by atoms with E-state index in [2.05, 4.69) is 4.98 Å². The molecule has 0 bridgehead atoms. The molecular weight excluding hydrogens is 242 g/mol. The third-order valence-corrected chi connectivity index (χ3v) is 3.55. The van der Waals surface area contributed by atoms with Crippen LogP contribution in [0.1, 0.15) is 17.2 Å². The van der Waals surface area contributed by atoms with Crippen LogP contribution in [0.25, 0.3) is 0 Å². The zero-order chi connectivity index (χ0) is 12.0. The van der Waals surface area contributed by atoms with Gasteiger partial charge in [0.2, 0.25) is 0 Å². The lowest BCUT2D eigenvalue weighted by molar-refractivity contribution is 0.507.